The maximum atomic E-state index is 13.2. The second-order valence-electron chi connectivity index (χ2n) is 4.34. The summed E-state index contributed by atoms with van der Waals surface area (Å²) in [6, 6.07) is 4.12. The van der Waals surface area contributed by atoms with Crippen molar-refractivity contribution >= 4 is 5.69 Å². The summed E-state index contributed by atoms with van der Waals surface area (Å²) in [5, 5.41) is 3.04. The Morgan fingerprint density at radius 3 is 2.53 bits per heavy atom. The molecule has 6 heteroatoms. The van der Waals surface area contributed by atoms with Crippen LogP contribution in [0.3, 0.4) is 0 Å². The van der Waals surface area contributed by atoms with Crippen LogP contribution >= 0.6 is 0 Å². The van der Waals surface area contributed by atoms with E-state index in [9.17, 15) is 17.6 Å². The Labute approximate surface area is 110 Å². The third-order valence-corrected chi connectivity index (χ3v) is 2.75. The zero-order valence-corrected chi connectivity index (χ0v) is 11.0. The molecule has 0 radical (unpaired) electrons. The molecule has 0 amide bonds. The lowest BCUT2D eigenvalue weighted by atomic mass is 10.1. The van der Waals surface area contributed by atoms with Gasteiger partial charge >= 0.3 is 6.18 Å². The number of hydrogen-bond acceptors (Lipinski definition) is 2. The Kier molecular flexibility index (Phi) is 5.60. The van der Waals surface area contributed by atoms with Crippen LogP contribution < -0.4 is 10.2 Å². The fourth-order valence-electron chi connectivity index (χ4n) is 1.74. The Morgan fingerprint density at radius 1 is 1.26 bits per heavy atom. The predicted molar refractivity (Wildman–Crippen MR) is 67.7 cm³/mol. The van der Waals surface area contributed by atoms with Crippen LogP contribution in [-0.4, -0.2) is 26.3 Å². The van der Waals surface area contributed by atoms with Crippen molar-refractivity contribution in [2.75, 3.05) is 25.0 Å². The van der Waals surface area contributed by atoms with Crippen molar-refractivity contribution in [1.82, 2.24) is 5.32 Å². The molecule has 1 rings (SSSR count). The number of halogens is 4. The molecule has 1 aromatic carbocycles. The van der Waals surface area contributed by atoms with E-state index < -0.39 is 12.6 Å². The van der Waals surface area contributed by atoms with Crippen molar-refractivity contribution in [2.45, 2.75) is 26.1 Å². The van der Waals surface area contributed by atoms with Crippen molar-refractivity contribution in [3.05, 3.63) is 29.6 Å². The Morgan fingerprint density at radius 2 is 1.95 bits per heavy atom. The minimum absolute atomic E-state index is 0.145. The Hall–Kier alpha value is -1.30. The Balaban J connectivity index is 2.79. The average molecular weight is 278 g/mol. The zero-order chi connectivity index (χ0) is 14.5. The molecule has 0 saturated heterocycles. The van der Waals surface area contributed by atoms with Gasteiger partial charge in [-0.05, 0) is 30.3 Å². The fourth-order valence-corrected chi connectivity index (χ4v) is 1.74. The summed E-state index contributed by atoms with van der Waals surface area (Å²) < 4.78 is 49.8. The maximum Gasteiger partial charge on any atom is 0.390 e. The summed E-state index contributed by atoms with van der Waals surface area (Å²) in [4.78, 5) is 1.50. The second-order valence-corrected chi connectivity index (χ2v) is 4.34. The van der Waals surface area contributed by atoms with E-state index in [0.717, 1.165) is 0 Å². The lowest BCUT2D eigenvalue weighted by Crippen LogP contribution is -2.26. The van der Waals surface area contributed by atoms with Crippen LogP contribution in [-0.2, 0) is 6.54 Å². The number of anilines is 1. The second kappa shape index (κ2) is 6.75. The van der Waals surface area contributed by atoms with Gasteiger partial charge < -0.3 is 10.2 Å². The smallest absolute Gasteiger partial charge is 0.374 e. The van der Waals surface area contributed by atoms with Gasteiger partial charge in [-0.25, -0.2) is 4.39 Å². The summed E-state index contributed by atoms with van der Waals surface area (Å²) in [6.45, 7) is 2.91. The first-order chi connectivity index (χ1) is 8.83. The molecule has 2 nitrogen and oxygen atoms in total. The molecule has 0 aliphatic heterocycles. The highest BCUT2D eigenvalue weighted by Gasteiger charge is 2.27. The van der Waals surface area contributed by atoms with Gasteiger partial charge in [-0.3, -0.25) is 0 Å². The minimum atomic E-state index is -4.18. The van der Waals surface area contributed by atoms with Crippen LogP contribution in [0.5, 0.6) is 0 Å². The highest BCUT2D eigenvalue weighted by atomic mass is 19.4. The van der Waals surface area contributed by atoms with Gasteiger partial charge in [0, 0.05) is 25.8 Å². The molecule has 19 heavy (non-hydrogen) atoms. The standard InChI is InChI=1S/C13H18F4N2/c1-3-18-9-10-8-11(14)4-5-12(10)19(2)7-6-13(15,16)17/h4-5,8,18H,3,6-7,9H2,1-2H3. The first kappa shape index (κ1) is 15.8. The van der Waals surface area contributed by atoms with Crippen LogP contribution in [0.4, 0.5) is 23.2 Å². The molecule has 0 bridgehead atoms. The number of nitrogens with one attached hydrogen (secondary N) is 1. The van der Waals surface area contributed by atoms with E-state index in [2.05, 4.69) is 5.32 Å². The van der Waals surface area contributed by atoms with Gasteiger partial charge in [0.25, 0.3) is 0 Å². The van der Waals surface area contributed by atoms with Crippen LogP contribution in [0.1, 0.15) is 18.9 Å². The summed E-state index contributed by atoms with van der Waals surface area (Å²) >= 11 is 0. The molecule has 0 aliphatic rings. The van der Waals surface area contributed by atoms with Gasteiger partial charge in [-0.15, -0.1) is 0 Å². The molecule has 0 unspecified atom stereocenters. The first-order valence-corrected chi connectivity index (χ1v) is 6.10. The average Bonchev–Trinajstić information content (AvgIpc) is 2.32. The topological polar surface area (TPSA) is 15.3 Å². The van der Waals surface area contributed by atoms with Crippen molar-refractivity contribution in [3.8, 4) is 0 Å². The van der Waals surface area contributed by atoms with Gasteiger partial charge in [-0.2, -0.15) is 13.2 Å². The normalized spacial score (nSPS) is 11.7. The molecule has 0 fully saturated rings. The SMILES string of the molecule is CCNCc1cc(F)ccc1N(C)CCC(F)(F)F. The molecule has 0 aromatic heterocycles. The summed E-state index contributed by atoms with van der Waals surface area (Å²) in [6.07, 6.45) is -5.07. The first-order valence-electron chi connectivity index (χ1n) is 6.10. The van der Waals surface area contributed by atoms with E-state index >= 15 is 0 Å². The maximum absolute atomic E-state index is 13.2. The van der Waals surface area contributed by atoms with Gasteiger partial charge in [0.05, 0.1) is 6.42 Å². The number of benzene rings is 1. The number of alkyl halides is 3. The molecule has 0 aliphatic carbocycles. The zero-order valence-electron chi connectivity index (χ0n) is 11.0. The lowest BCUT2D eigenvalue weighted by molar-refractivity contribution is -0.132. The molecule has 0 atom stereocenters. The summed E-state index contributed by atoms with van der Waals surface area (Å²) in [5.74, 6) is -0.388. The number of rotatable bonds is 6. The van der Waals surface area contributed by atoms with E-state index in [1.807, 2.05) is 6.92 Å². The highest BCUT2D eigenvalue weighted by Crippen LogP contribution is 2.24. The molecule has 0 spiro atoms. The van der Waals surface area contributed by atoms with Crippen molar-refractivity contribution in [1.29, 1.82) is 0 Å². The molecule has 0 heterocycles. The largest absolute Gasteiger partial charge is 0.390 e. The lowest BCUT2D eigenvalue weighted by Gasteiger charge is -2.23. The van der Waals surface area contributed by atoms with E-state index in [1.165, 1.54) is 23.1 Å². The molecule has 1 aromatic rings. The molecular weight excluding hydrogens is 260 g/mol. The van der Waals surface area contributed by atoms with Crippen molar-refractivity contribution in [2.24, 2.45) is 0 Å². The van der Waals surface area contributed by atoms with Gasteiger partial charge in [0.15, 0.2) is 0 Å². The van der Waals surface area contributed by atoms with E-state index in [1.54, 1.807) is 7.05 Å². The van der Waals surface area contributed by atoms with Gasteiger partial charge in [0.2, 0.25) is 0 Å². The van der Waals surface area contributed by atoms with E-state index in [0.29, 0.717) is 24.3 Å². The van der Waals surface area contributed by atoms with Gasteiger partial charge in [0.1, 0.15) is 5.82 Å². The molecule has 1 N–H and O–H groups in total. The third-order valence-electron chi connectivity index (χ3n) is 2.75. The van der Waals surface area contributed by atoms with Gasteiger partial charge in [-0.1, -0.05) is 6.92 Å². The summed E-state index contributed by atoms with van der Waals surface area (Å²) in [7, 11) is 1.58. The van der Waals surface area contributed by atoms with Crippen LogP contribution in [0.25, 0.3) is 0 Å². The number of nitrogens with zero attached hydrogens (tertiary/aromatic N) is 1. The third kappa shape index (κ3) is 5.46. The van der Waals surface area contributed by atoms with E-state index in [-0.39, 0.29) is 12.4 Å². The molecule has 0 saturated carbocycles. The predicted octanol–water partition coefficient (Wildman–Crippen LogP) is 3.32. The van der Waals surface area contributed by atoms with Crippen LogP contribution in [0.15, 0.2) is 18.2 Å². The van der Waals surface area contributed by atoms with Crippen LogP contribution in [0.2, 0.25) is 0 Å². The van der Waals surface area contributed by atoms with Crippen molar-refractivity contribution < 1.29 is 17.6 Å². The monoisotopic (exact) mass is 278 g/mol. The molecule has 108 valence electrons. The quantitative estimate of drug-likeness (QED) is 0.803. The van der Waals surface area contributed by atoms with E-state index in [4.69, 9.17) is 0 Å². The Bertz CT molecular complexity index is 404. The number of hydrogen-bond donors (Lipinski definition) is 1. The summed E-state index contributed by atoms with van der Waals surface area (Å²) in [5.41, 5.74) is 1.28. The highest BCUT2D eigenvalue weighted by molar-refractivity contribution is 5.53. The minimum Gasteiger partial charge on any atom is -0.374 e. The van der Waals surface area contributed by atoms with Crippen LogP contribution in [0, 0.1) is 5.82 Å². The van der Waals surface area contributed by atoms with Crippen molar-refractivity contribution in [3.63, 3.8) is 0 Å². The molecular formula is C13H18F4N2. The fraction of sp³-hybridized carbons (Fsp3) is 0.538.